The topological polar surface area (TPSA) is 13.1 Å². The first-order valence-electron chi connectivity index (χ1n) is 52.8. The minimum atomic E-state index is -0.235. The lowest BCUT2D eigenvalue weighted by molar-refractivity contribution is 0.668. The van der Waals surface area contributed by atoms with Gasteiger partial charge in [0, 0.05) is 27.0 Å². The number of hydrogen-bond acceptors (Lipinski definition) is 1. The van der Waals surface area contributed by atoms with E-state index in [4.69, 9.17) is 4.42 Å². The summed E-state index contributed by atoms with van der Waals surface area (Å²) in [6.07, 6.45) is 0. The van der Waals surface area contributed by atoms with Crippen molar-refractivity contribution in [3.63, 3.8) is 0 Å². The van der Waals surface area contributed by atoms with Crippen molar-refractivity contribution in [2.75, 3.05) is 0 Å². The summed E-state index contributed by atoms with van der Waals surface area (Å²) in [5.41, 5.74) is 35.9. The Labute approximate surface area is 870 Å². The van der Waals surface area contributed by atoms with Gasteiger partial charge < -0.3 is 4.42 Å². The molecule has 32 rings (SSSR count). The molecular formula is C149H100O. The molecule has 1 nitrogen and oxygen atoms in total. The van der Waals surface area contributed by atoms with Gasteiger partial charge in [-0.05, 0) is 320 Å². The summed E-state index contributed by atoms with van der Waals surface area (Å²) in [6.45, 7) is 14.6. The molecule has 0 amide bonds. The van der Waals surface area contributed by atoms with Crippen LogP contribution in [-0.2, 0) is 16.2 Å². The molecule has 0 N–H and O–H groups in total. The number of rotatable bonds is 7. The van der Waals surface area contributed by atoms with Crippen molar-refractivity contribution in [3.05, 3.63) is 531 Å². The van der Waals surface area contributed by atoms with Crippen LogP contribution in [0.2, 0.25) is 0 Å². The second-order valence-corrected chi connectivity index (χ2v) is 43.0. The van der Waals surface area contributed by atoms with Crippen LogP contribution in [-0.4, -0.2) is 0 Å². The van der Waals surface area contributed by atoms with Gasteiger partial charge in [0.15, 0.2) is 0 Å². The highest BCUT2D eigenvalue weighted by Crippen LogP contribution is 2.64. The Bertz CT molecular complexity index is 10700. The molecule has 0 atom stereocenters. The molecule has 0 unspecified atom stereocenters. The quantitative estimate of drug-likeness (QED) is 0.114. The smallest absolute Gasteiger partial charge is 0.135 e. The van der Waals surface area contributed by atoms with Crippen LogP contribution >= 0.6 is 0 Å². The van der Waals surface area contributed by atoms with E-state index in [0.717, 1.165) is 21.9 Å². The third-order valence-electron chi connectivity index (χ3n) is 34.1. The van der Waals surface area contributed by atoms with E-state index >= 15 is 0 Å². The Balaban J connectivity index is 0.000000104. The minimum Gasteiger partial charge on any atom is -0.456 e. The van der Waals surface area contributed by atoms with E-state index in [0.29, 0.717) is 0 Å². The molecule has 0 radical (unpaired) electrons. The Morgan fingerprint density at radius 1 is 0.120 bits per heavy atom. The van der Waals surface area contributed by atoms with E-state index < -0.39 is 0 Å². The maximum absolute atomic E-state index is 6.18. The maximum Gasteiger partial charge on any atom is 0.135 e. The first-order valence-corrected chi connectivity index (χ1v) is 52.8. The molecule has 702 valence electrons. The highest BCUT2D eigenvalue weighted by Gasteiger charge is 2.45. The van der Waals surface area contributed by atoms with Crippen molar-refractivity contribution in [2.24, 2.45) is 0 Å². The van der Waals surface area contributed by atoms with Gasteiger partial charge in [0.2, 0.25) is 0 Å². The standard InChI is InChI=1S/C55H36O.C51H34.C43H30/c1-55(2)53-45(26-14-27-46(53)52-39-20-5-3-17-36(39)37-18-4-10-25-44(37)54(52)55)51-42-23-8-6-21-40(42)50(41-22-7-9-24-43(41)51)35-16-13-15-33(31-35)34-29-30-49-47(32-34)38-19-11-12-28-48(38)56-49;1-51(2)49-44(27-14-28-45(49)48-38-19-7-5-17-34(38)35-18-6-12-24-43(35)50(48)51)47-41-22-10-8-20-39(41)46(40-21-9-11-23-42(40)47)37-26-13-25-33-32-16-4-3-15-31(32)29-30-36(33)37;1-43(2)41-36(25-14-26-37(41)40-30-19-8-6-17-28(30)29-18-7-13-24-35(29)42(40)43)39-33-22-11-9-20-31(33)38(27-15-4-3-5-16-27)32-21-10-12-23-34(32)39/h3-32H,1-2H3;3-30H,1-2H3;3-26H,1-2H3. The number of furan rings is 1. The fourth-order valence-electron chi connectivity index (χ4n) is 28.3. The van der Waals surface area contributed by atoms with Crippen molar-refractivity contribution in [1.82, 2.24) is 0 Å². The predicted octanol–water partition coefficient (Wildman–Crippen LogP) is 41.7. The lowest BCUT2D eigenvalue weighted by Crippen LogP contribution is -2.17. The van der Waals surface area contributed by atoms with Gasteiger partial charge in [0.05, 0.1) is 0 Å². The van der Waals surface area contributed by atoms with Crippen molar-refractivity contribution in [1.29, 1.82) is 0 Å². The SMILES string of the molecule is CC1(C)c2c(-c3c4ccccc4c(-c4cccc(-c5ccc6oc7ccccc7c6c5)c4)c4ccccc34)cccc2-c2c1c1ccccc1c1ccccc21.CC1(C)c2c(-c3c4ccccc4c(-c4cccc5c4ccc4ccccc45)c4ccccc34)cccc2-c2c1c1ccccc1c1ccccc21.CC1(C)c2c(-c3c4ccccc4c(-c4ccccc4)c4ccccc34)cccc2-c2c1c1ccccc1c1ccccc21. The zero-order chi connectivity index (χ0) is 99.7. The molecule has 0 saturated heterocycles. The Morgan fingerprint density at radius 3 is 0.733 bits per heavy atom. The van der Waals surface area contributed by atoms with Crippen LogP contribution in [0.25, 0.3) is 284 Å². The van der Waals surface area contributed by atoms with E-state index in [-0.39, 0.29) is 16.2 Å². The van der Waals surface area contributed by atoms with Crippen LogP contribution < -0.4 is 0 Å². The van der Waals surface area contributed by atoms with E-state index in [1.54, 1.807) is 0 Å². The van der Waals surface area contributed by atoms with E-state index in [1.165, 1.54) is 295 Å². The number of fused-ring (bicyclic) bond motifs is 36. The van der Waals surface area contributed by atoms with Gasteiger partial charge in [-0.1, -0.05) is 515 Å². The van der Waals surface area contributed by atoms with E-state index in [1.807, 2.05) is 12.1 Å². The van der Waals surface area contributed by atoms with Gasteiger partial charge in [-0.3, -0.25) is 0 Å². The minimum absolute atomic E-state index is 0.189. The number of hydrogen-bond donors (Lipinski definition) is 0. The Hall–Kier alpha value is -18.4. The molecule has 1 heteroatoms. The van der Waals surface area contributed by atoms with Gasteiger partial charge in [-0.25, -0.2) is 0 Å². The third-order valence-corrected chi connectivity index (χ3v) is 34.1. The van der Waals surface area contributed by atoms with Gasteiger partial charge >= 0.3 is 0 Å². The number of benzene rings is 28. The van der Waals surface area contributed by atoms with E-state index in [2.05, 4.69) is 527 Å². The Kier molecular flexibility index (Phi) is 19.3. The fraction of sp³-hybridized carbons (Fsp3) is 0.0604. The lowest BCUT2D eigenvalue weighted by Gasteiger charge is -2.27. The van der Waals surface area contributed by atoms with Crippen LogP contribution in [0.4, 0.5) is 0 Å². The normalized spacial score (nSPS) is 13.4. The molecular weight excluding hydrogens is 1810 g/mol. The molecule has 0 aliphatic heterocycles. The lowest BCUT2D eigenvalue weighted by atomic mass is 9.75. The molecule has 28 aromatic carbocycles. The summed E-state index contributed by atoms with van der Waals surface area (Å²) in [6, 6.07) is 184. The predicted molar refractivity (Wildman–Crippen MR) is 642 cm³/mol. The average Bonchev–Trinajstić information content (AvgIpc) is 1.53. The monoisotopic (exact) mass is 1900 g/mol. The van der Waals surface area contributed by atoms with E-state index in [9.17, 15) is 0 Å². The summed E-state index contributed by atoms with van der Waals surface area (Å²) in [4.78, 5) is 0. The second-order valence-electron chi connectivity index (χ2n) is 43.0. The largest absolute Gasteiger partial charge is 0.456 e. The van der Waals surface area contributed by atoms with Crippen LogP contribution in [0, 0.1) is 0 Å². The molecule has 3 aliphatic carbocycles. The van der Waals surface area contributed by atoms with Gasteiger partial charge in [-0.15, -0.1) is 0 Å². The van der Waals surface area contributed by atoms with Crippen molar-refractivity contribution < 1.29 is 4.42 Å². The number of para-hydroxylation sites is 1. The molecule has 1 aromatic heterocycles. The van der Waals surface area contributed by atoms with Crippen LogP contribution in [0.5, 0.6) is 0 Å². The highest BCUT2D eigenvalue weighted by atomic mass is 16.3. The van der Waals surface area contributed by atoms with Gasteiger partial charge in [-0.2, -0.15) is 0 Å². The summed E-state index contributed by atoms with van der Waals surface area (Å²) in [7, 11) is 0. The summed E-state index contributed by atoms with van der Waals surface area (Å²) < 4.78 is 6.18. The molecule has 1 heterocycles. The molecule has 0 saturated carbocycles. The zero-order valence-corrected chi connectivity index (χ0v) is 84.3. The summed E-state index contributed by atoms with van der Waals surface area (Å²) >= 11 is 0. The maximum atomic E-state index is 6.18. The Morgan fingerprint density at radius 2 is 0.353 bits per heavy atom. The van der Waals surface area contributed by atoms with Crippen LogP contribution in [0.1, 0.15) is 74.9 Å². The fourth-order valence-corrected chi connectivity index (χ4v) is 28.3. The third kappa shape index (κ3) is 12.7. The van der Waals surface area contributed by atoms with Crippen molar-refractivity contribution >= 4 is 173 Å². The molecule has 29 aromatic rings. The molecule has 0 fully saturated rings. The van der Waals surface area contributed by atoms with Crippen LogP contribution in [0.15, 0.2) is 502 Å². The molecule has 0 spiro atoms. The first kappa shape index (κ1) is 87.0. The molecule has 3 aliphatic rings. The van der Waals surface area contributed by atoms with Crippen molar-refractivity contribution in [2.45, 2.75) is 57.8 Å². The molecule has 0 bridgehead atoms. The highest BCUT2D eigenvalue weighted by molar-refractivity contribution is 6.31. The van der Waals surface area contributed by atoms with Gasteiger partial charge in [0.1, 0.15) is 11.2 Å². The second kappa shape index (κ2) is 33.3. The zero-order valence-electron chi connectivity index (χ0n) is 84.3. The molecule has 150 heavy (non-hydrogen) atoms. The first-order chi connectivity index (χ1) is 73.8. The van der Waals surface area contributed by atoms with Crippen LogP contribution in [0.3, 0.4) is 0 Å². The van der Waals surface area contributed by atoms with Crippen molar-refractivity contribution in [3.8, 4) is 111 Å². The average molecular weight is 1910 g/mol. The summed E-state index contributed by atoms with van der Waals surface area (Å²) in [5, 5.41) is 38.9. The summed E-state index contributed by atoms with van der Waals surface area (Å²) in [5.74, 6) is 0. The van der Waals surface area contributed by atoms with Gasteiger partial charge in [0.25, 0.3) is 0 Å².